The van der Waals surface area contributed by atoms with Crippen molar-refractivity contribution < 1.29 is 4.39 Å². The van der Waals surface area contributed by atoms with E-state index < -0.39 is 0 Å². The molecule has 0 fully saturated rings. The van der Waals surface area contributed by atoms with Gasteiger partial charge in [-0.05, 0) is 24.3 Å². The van der Waals surface area contributed by atoms with Crippen molar-refractivity contribution in [2.75, 3.05) is 0 Å². The van der Waals surface area contributed by atoms with Crippen LogP contribution >= 0.6 is 23.7 Å². The number of halogens is 2. The summed E-state index contributed by atoms with van der Waals surface area (Å²) in [5, 5.41) is 8.69. The minimum atomic E-state index is -0.294. The van der Waals surface area contributed by atoms with E-state index in [4.69, 9.17) is 11.5 Å². The van der Waals surface area contributed by atoms with Crippen LogP contribution in [-0.2, 0) is 0 Å². The van der Waals surface area contributed by atoms with E-state index in [0.29, 0.717) is 10.1 Å². The highest BCUT2D eigenvalue weighted by atomic mass is 35.5. The lowest BCUT2D eigenvalue weighted by atomic mass is 10.2. The summed E-state index contributed by atoms with van der Waals surface area (Å²) in [6, 6.07) is 5.96. The first-order valence-electron chi connectivity index (χ1n) is 4.34. The predicted molar refractivity (Wildman–Crippen MR) is 68.0 cm³/mol. The Morgan fingerprint density at radius 3 is 2.41 bits per heavy atom. The largest absolute Gasteiger partial charge is 0.370 e. The Morgan fingerprint density at radius 2 is 1.82 bits per heavy atom. The summed E-state index contributed by atoms with van der Waals surface area (Å²) in [5.41, 5.74) is 11.2. The van der Waals surface area contributed by atoms with Crippen molar-refractivity contribution in [2.45, 2.75) is 0 Å². The molecule has 1 aromatic heterocycles. The molecule has 0 atom stereocenters. The maximum atomic E-state index is 12.7. The molecule has 0 amide bonds. The predicted octanol–water partition coefficient (Wildman–Crippen LogP) is 1.67. The van der Waals surface area contributed by atoms with Gasteiger partial charge in [-0.15, -0.1) is 22.6 Å². The molecule has 90 valence electrons. The van der Waals surface area contributed by atoms with Crippen LogP contribution in [0.3, 0.4) is 0 Å². The van der Waals surface area contributed by atoms with Gasteiger partial charge >= 0.3 is 0 Å². The van der Waals surface area contributed by atoms with E-state index in [1.54, 1.807) is 12.1 Å². The summed E-state index contributed by atoms with van der Waals surface area (Å²) in [4.78, 5) is 3.77. The van der Waals surface area contributed by atoms with Crippen LogP contribution < -0.4 is 11.5 Å². The van der Waals surface area contributed by atoms with Gasteiger partial charge < -0.3 is 11.5 Å². The quantitative estimate of drug-likeness (QED) is 0.643. The monoisotopic (exact) mass is 273 g/mol. The minimum Gasteiger partial charge on any atom is -0.370 e. The van der Waals surface area contributed by atoms with Crippen molar-refractivity contribution in [1.82, 2.24) is 10.2 Å². The SMILES string of the molecule is Cl.NC(N)=Nc1nnc(-c2ccc(F)cc2)s1. The van der Waals surface area contributed by atoms with Gasteiger partial charge in [0.2, 0.25) is 5.13 Å². The molecule has 1 heterocycles. The molecular weight excluding hydrogens is 265 g/mol. The number of hydrogen-bond acceptors (Lipinski definition) is 4. The summed E-state index contributed by atoms with van der Waals surface area (Å²) < 4.78 is 12.7. The third kappa shape index (κ3) is 3.36. The molecule has 1 aromatic carbocycles. The third-order valence-corrected chi connectivity index (χ3v) is 2.60. The van der Waals surface area contributed by atoms with Crippen molar-refractivity contribution >= 4 is 34.8 Å². The van der Waals surface area contributed by atoms with E-state index in [2.05, 4.69) is 15.2 Å². The van der Waals surface area contributed by atoms with Crippen molar-refractivity contribution in [2.24, 2.45) is 16.5 Å². The first-order valence-corrected chi connectivity index (χ1v) is 5.16. The minimum absolute atomic E-state index is 0. The van der Waals surface area contributed by atoms with Gasteiger partial charge in [0.25, 0.3) is 0 Å². The van der Waals surface area contributed by atoms with Crippen molar-refractivity contribution in [1.29, 1.82) is 0 Å². The Hall–Kier alpha value is -1.73. The van der Waals surface area contributed by atoms with Crippen LogP contribution in [0.5, 0.6) is 0 Å². The van der Waals surface area contributed by atoms with Crippen LogP contribution in [0.2, 0.25) is 0 Å². The van der Waals surface area contributed by atoms with E-state index >= 15 is 0 Å². The fourth-order valence-electron chi connectivity index (χ4n) is 1.08. The Kier molecular flexibility index (Phi) is 4.36. The molecule has 8 heteroatoms. The average Bonchev–Trinajstić information content (AvgIpc) is 2.66. The molecule has 0 spiro atoms. The smallest absolute Gasteiger partial charge is 0.235 e. The van der Waals surface area contributed by atoms with Crippen molar-refractivity contribution in [3.05, 3.63) is 30.1 Å². The number of rotatable bonds is 2. The second-order valence-electron chi connectivity index (χ2n) is 2.93. The van der Waals surface area contributed by atoms with Crippen LogP contribution in [0.15, 0.2) is 29.3 Å². The number of hydrogen-bond donors (Lipinski definition) is 2. The van der Waals surface area contributed by atoms with Crippen molar-refractivity contribution in [3.8, 4) is 10.6 Å². The van der Waals surface area contributed by atoms with Crippen LogP contribution in [0.4, 0.5) is 9.52 Å². The van der Waals surface area contributed by atoms with E-state index in [1.807, 2.05) is 0 Å². The van der Waals surface area contributed by atoms with Crippen LogP contribution in [-0.4, -0.2) is 16.2 Å². The molecule has 2 aromatic rings. The van der Waals surface area contributed by atoms with Gasteiger partial charge in [0.1, 0.15) is 10.8 Å². The zero-order valence-corrected chi connectivity index (χ0v) is 10.1. The van der Waals surface area contributed by atoms with Gasteiger partial charge in [-0.2, -0.15) is 4.99 Å². The lowest BCUT2D eigenvalue weighted by Crippen LogP contribution is -2.21. The molecule has 5 nitrogen and oxygen atoms in total. The lowest BCUT2D eigenvalue weighted by Gasteiger charge is -1.93. The van der Waals surface area contributed by atoms with Gasteiger partial charge in [0.15, 0.2) is 5.96 Å². The maximum absolute atomic E-state index is 12.7. The first kappa shape index (κ1) is 13.3. The van der Waals surface area contributed by atoms with E-state index in [-0.39, 0.29) is 24.2 Å². The molecular formula is C9H9ClFN5S. The second kappa shape index (κ2) is 5.55. The molecule has 0 bridgehead atoms. The number of benzene rings is 1. The number of nitrogens with zero attached hydrogens (tertiary/aromatic N) is 3. The summed E-state index contributed by atoms with van der Waals surface area (Å²) in [6.07, 6.45) is 0. The topological polar surface area (TPSA) is 90.2 Å². The van der Waals surface area contributed by atoms with E-state index in [1.165, 1.54) is 23.5 Å². The Morgan fingerprint density at radius 1 is 1.18 bits per heavy atom. The molecule has 0 radical (unpaired) electrons. The van der Waals surface area contributed by atoms with Crippen LogP contribution in [0, 0.1) is 5.82 Å². The van der Waals surface area contributed by atoms with Crippen LogP contribution in [0.25, 0.3) is 10.6 Å². The molecule has 0 aliphatic carbocycles. The van der Waals surface area contributed by atoms with E-state index in [9.17, 15) is 4.39 Å². The Labute approximate surface area is 107 Å². The molecule has 0 saturated heterocycles. The molecule has 17 heavy (non-hydrogen) atoms. The molecule has 0 aliphatic heterocycles. The lowest BCUT2D eigenvalue weighted by molar-refractivity contribution is 0.628. The number of guanidine groups is 1. The molecule has 0 unspecified atom stereocenters. The van der Waals surface area contributed by atoms with Gasteiger partial charge in [-0.3, -0.25) is 0 Å². The highest BCUT2D eigenvalue weighted by Gasteiger charge is 2.05. The van der Waals surface area contributed by atoms with Gasteiger partial charge in [-0.25, -0.2) is 4.39 Å². The highest BCUT2D eigenvalue weighted by molar-refractivity contribution is 7.18. The summed E-state index contributed by atoms with van der Waals surface area (Å²) in [6.45, 7) is 0. The summed E-state index contributed by atoms with van der Waals surface area (Å²) in [5.74, 6) is -0.362. The average molecular weight is 274 g/mol. The number of aromatic nitrogens is 2. The molecule has 4 N–H and O–H groups in total. The fraction of sp³-hybridized carbons (Fsp3) is 0. The summed E-state index contributed by atoms with van der Waals surface area (Å²) in [7, 11) is 0. The number of aliphatic imine (C=N–C) groups is 1. The Bertz CT molecular complexity index is 520. The standard InChI is InChI=1S/C9H8FN5S.ClH/c10-6-3-1-5(2-4-6)7-14-15-9(16-7)13-8(11)12;/h1-4H,(H4,11,12,13,15);1H. The van der Waals surface area contributed by atoms with Crippen LogP contribution in [0.1, 0.15) is 0 Å². The van der Waals surface area contributed by atoms with Gasteiger partial charge in [0.05, 0.1) is 0 Å². The zero-order chi connectivity index (χ0) is 11.5. The number of nitrogens with two attached hydrogens (primary N) is 2. The normalized spacial score (nSPS) is 9.47. The summed E-state index contributed by atoms with van der Waals surface area (Å²) >= 11 is 1.23. The highest BCUT2D eigenvalue weighted by Crippen LogP contribution is 2.27. The fourth-order valence-corrected chi connectivity index (χ4v) is 1.82. The molecule has 2 rings (SSSR count). The zero-order valence-electron chi connectivity index (χ0n) is 8.50. The third-order valence-electron chi connectivity index (χ3n) is 1.73. The van der Waals surface area contributed by atoms with Crippen molar-refractivity contribution in [3.63, 3.8) is 0 Å². The molecule has 0 aliphatic rings. The van der Waals surface area contributed by atoms with Gasteiger partial charge in [0, 0.05) is 5.56 Å². The second-order valence-corrected chi connectivity index (χ2v) is 3.89. The van der Waals surface area contributed by atoms with E-state index in [0.717, 1.165) is 5.56 Å². The van der Waals surface area contributed by atoms with Gasteiger partial charge in [-0.1, -0.05) is 11.3 Å². The first-order chi connectivity index (χ1) is 7.65. The maximum Gasteiger partial charge on any atom is 0.235 e. The molecule has 0 saturated carbocycles. The Balaban J connectivity index is 0.00000144.